The molecule has 1 N–H and O–H groups in total. The minimum absolute atomic E-state index is 0.185. The third kappa shape index (κ3) is 5.48. The Labute approximate surface area is 194 Å². The van der Waals surface area contributed by atoms with Crippen molar-refractivity contribution < 1.29 is 23.9 Å². The zero-order chi connectivity index (χ0) is 23.2. The van der Waals surface area contributed by atoms with Gasteiger partial charge in [0.15, 0.2) is 6.61 Å². The zero-order valence-electron chi connectivity index (χ0n) is 17.5. The Kier molecular flexibility index (Phi) is 6.85. The number of para-hydroxylation sites is 1. The molecular weight excluding hydrogens is 440 g/mol. The van der Waals surface area contributed by atoms with Crippen LogP contribution < -0.4 is 10.2 Å². The highest BCUT2D eigenvalue weighted by Gasteiger charge is 2.30. The molecule has 33 heavy (non-hydrogen) atoms. The number of hydrogen-bond donors (Lipinski definition) is 1. The molecule has 3 aromatic rings. The van der Waals surface area contributed by atoms with Crippen LogP contribution in [0.2, 0.25) is 0 Å². The molecule has 1 saturated heterocycles. The Hall–Kier alpha value is -3.91. The van der Waals surface area contributed by atoms with Gasteiger partial charge in [-0.25, -0.2) is 4.79 Å². The van der Waals surface area contributed by atoms with Crippen LogP contribution in [0.5, 0.6) is 0 Å². The molecule has 4 rings (SSSR count). The Morgan fingerprint density at radius 3 is 2.18 bits per heavy atom. The summed E-state index contributed by atoms with van der Waals surface area (Å²) >= 11 is 1.52. The third-order valence-electron chi connectivity index (χ3n) is 4.88. The van der Waals surface area contributed by atoms with Gasteiger partial charge in [0, 0.05) is 22.6 Å². The number of carbonyl (C=O) groups is 4. The number of ether oxygens (including phenoxy) is 1. The molecule has 8 heteroatoms. The SMILES string of the molecule is O=C(COC(=O)c1ccc(N2C(=O)CCC2=O)cc1)Nc1ccccc1Sc1ccccc1. The Morgan fingerprint density at radius 2 is 1.48 bits per heavy atom. The van der Waals surface area contributed by atoms with E-state index in [9.17, 15) is 19.2 Å². The maximum Gasteiger partial charge on any atom is 0.338 e. The van der Waals surface area contributed by atoms with Crippen molar-refractivity contribution in [3.05, 3.63) is 84.4 Å². The first kappa shape index (κ1) is 22.3. The van der Waals surface area contributed by atoms with Gasteiger partial charge in [-0.15, -0.1) is 0 Å². The average Bonchev–Trinajstić information content (AvgIpc) is 3.17. The fourth-order valence-corrected chi connectivity index (χ4v) is 4.21. The summed E-state index contributed by atoms with van der Waals surface area (Å²) in [5.41, 5.74) is 1.24. The summed E-state index contributed by atoms with van der Waals surface area (Å²) in [5, 5.41) is 2.77. The number of amides is 3. The number of anilines is 2. The first-order valence-corrected chi connectivity index (χ1v) is 11.1. The second kappa shape index (κ2) is 10.1. The van der Waals surface area contributed by atoms with Gasteiger partial charge >= 0.3 is 5.97 Å². The van der Waals surface area contributed by atoms with Crippen LogP contribution in [-0.4, -0.2) is 30.3 Å². The van der Waals surface area contributed by atoms with Crippen LogP contribution >= 0.6 is 11.8 Å². The minimum atomic E-state index is -0.678. The first-order valence-electron chi connectivity index (χ1n) is 10.3. The molecule has 0 atom stereocenters. The van der Waals surface area contributed by atoms with Crippen molar-refractivity contribution in [1.29, 1.82) is 0 Å². The minimum Gasteiger partial charge on any atom is -0.452 e. The highest BCUT2D eigenvalue weighted by molar-refractivity contribution is 7.99. The summed E-state index contributed by atoms with van der Waals surface area (Å²) in [4.78, 5) is 51.3. The van der Waals surface area contributed by atoms with Crippen molar-refractivity contribution >= 4 is 46.8 Å². The van der Waals surface area contributed by atoms with E-state index >= 15 is 0 Å². The average molecular weight is 461 g/mol. The highest BCUT2D eigenvalue weighted by atomic mass is 32.2. The number of nitrogens with one attached hydrogen (secondary N) is 1. The van der Waals surface area contributed by atoms with Crippen LogP contribution in [0.4, 0.5) is 11.4 Å². The second-order valence-corrected chi connectivity index (χ2v) is 8.32. The highest BCUT2D eigenvalue weighted by Crippen LogP contribution is 2.33. The maximum absolute atomic E-state index is 12.4. The molecule has 0 spiro atoms. The van der Waals surface area contributed by atoms with Crippen molar-refractivity contribution in [2.75, 3.05) is 16.8 Å². The monoisotopic (exact) mass is 460 g/mol. The number of benzene rings is 3. The Bertz CT molecular complexity index is 1180. The number of nitrogens with zero attached hydrogens (tertiary/aromatic N) is 1. The molecule has 3 aromatic carbocycles. The van der Waals surface area contributed by atoms with E-state index in [-0.39, 0.29) is 30.2 Å². The molecule has 0 aromatic heterocycles. The summed E-state index contributed by atoms with van der Waals surface area (Å²) < 4.78 is 5.12. The summed E-state index contributed by atoms with van der Waals surface area (Å²) in [7, 11) is 0. The van der Waals surface area contributed by atoms with Gasteiger partial charge in [0.05, 0.1) is 16.9 Å². The standard InChI is InChI=1S/C25H20N2O5S/c28-22(26-20-8-4-5-9-21(20)33-19-6-2-1-3-7-19)16-32-25(31)17-10-12-18(13-11-17)27-23(29)14-15-24(27)30/h1-13H,14-16H2,(H,26,28). The number of carbonyl (C=O) groups excluding carboxylic acids is 4. The number of esters is 1. The van der Waals surface area contributed by atoms with E-state index < -0.39 is 18.5 Å². The van der Waals surface area contributed by atoms with E-state index in [0.29, 0.717) is 11.4 Å². The topological polar surface area (TPSA) is 92.8 Å². The van der Waals surface area contributed by atoms with Gasteiger partial charge in [0.2, 0.25) is 11.8 Å². The molecular formula is C25H20N2O5S. The summed E-state index contributed by atoms with van der Waals surface area (Å²) in [6, 6.07) is 23.1. The maximum atomic E-state index is 12.4. The number of rotatable bonds is 7. The fraction of sp³-hybridized carbons (Fsp3) is 0.120. The van der Waals surface area contributed by atoms with Gasteiger partial charge in [-0.05, 0) is 48.5 Å². The van der Waals surface area contributed by atoms with Crippen LogP contribution in [0.3, 0.4) is 0 Å². The smallest absolute Gasteiger partial charge is 0.338 e. The van der Waals surface area contributed by atoms with Gasteiger partial charge in [0.1, 0.15) is 0 Å². The van der Waals surface area contributed by atoms with Gasteiger partial charge in [0.25, 0.3) is 5.91 Å². The number of imide groups is 1. The zero-order valence-corrected chi connectivity index (χ0v) is 18.3. The molecule has 1 fully saturated rings. The van der Waals surface area contributed by atoms with Crippen molar-refractivity contribution in [2.24, 2.45) is 0 Å². The lowest BCUT2D eigenvalue weighted by molar-refractivity contribution is -0.121. The molecule has 166 valence electrons. The fourth-order valence-electron chi connectivity index (χ4n) is 3.29. The van der Waals surface area contributed by atoms with Crippen molar-refractivity contribution in [1.82, 2.24) is 0 Å². The van der Waals surface area contributed by atoms with E-state index in [0.717, 1.165) is 14.7 Å². The lowest BCUT2D eigenvalue weighted by Crippen LogP contribution is -2.28. The van der Waals surface area contributed by atoms with Crippen molar-refractivity contribution in [2.45, 2.75) is 22.6 Å². The number of hydrogen-bond acceptors (Lipinski definition) is 6. The molecule has 3 amide bonds. The summed E-state index contributed by atoms with van der Waals surface area (Å²) in [5.74, 6) is -1.67. The van der Waals surface area contributed by atoms with Crippen LogP contribution in [0, 0.1) is 0 Å². The third-order valence-corrected chi connectivity index (χ3v) is 5.96. The molecule has 0 bridgehead atoms. The lowest BCUT2D eigenvalue weighted by atomic mass is 10.2. The molecule has 7 nitrogen and oxygen atoms in total. The first-order chi connectivity index (χ1) is 16.0. The Balaban J connectivity index is 1.33. The van der Waals surface area contributed by atoms with Gasteiger partial charge in [-0.1, -0.05) is 42.1 Å². The van der Waals surface area contributed by atoms with E-state index in [1.165, 1.54) is 36.0 Å². The van der Waals surface area contributed by atoms with E-state index in [4.69, 9.17) is 4.74 Å². The van der Waals surface area contributed by atoms with Crippen LogP contribution in [-0.2, 0) is 19.1 Å². The largest absolute Gasteiger partial charge is 0.452 e. The van der Waals surface area contributed by atoms with Crippen LogP contribution in [0.25, 0.3) is 0 Å². The predicted octanol–water partition coefficient (Wildman–Crippen LogP) is 4.29. The van der Waals surface area contributed by atoms with Crippen LogP contribution in [0.15, 0.2) is 88.7 Å². The van der Waals surface area contributed by atoms with Gasteiger partial charge in [-0.3, -0.25) is 19.3 Å². The van der Waals surface area contributed by atoms with Gasteiger partial charge < -0.3 is 10.1 Å². The molecule has 0 unspecified atom stereocenters. The molecule has 1 aliphatic rings. The Morgan fingerprint density at radius 1 is 0.848 bits per heavy atom. The second-order valence-electron chi connectivity index (χ2n) is 7.21. The molecule has 1 heterocycles. The van der Waals surface area contributed by atoms with E-state index in [1.807, 2.05) is 48.5 Å². The van der Waals surface area contributed by atoms with Crippen molar-refractivity contribution in [3.63, 3.8) is 0 Å². The van der Waals surface area contributed by atoms with Crippen LogP contribution in [0.1, 0.15) is 23.2 Å². The van der Waals surface area contributed by atoms with Crippen molar-refractivity contribution in [3.8, 4) is 0 Å². The molecule has 0 radical (unpaired) electrons. The molecule has 1 aliphatic heterocycles. The summed E-state index contributed by atoms with van der Waals surface area (Å²) in [6.45, 7) is -0.450. The summed E-state index contributed by atoms with van der Waals surface area (Å²) in [6.07, 6.45) is 0.370. The predicted molar refractivity (Wildman–Crippen MR) is 124 cm³/mol. The van der Waals surface area contributed by atoms with E-state index in [1.54, 1.807) is 6.07 Å². The molecule has 0 aliphatic carbocycles. The lowest BCUT2D eigenvalue weighted by Gasteiger charge is -2.14. The quantitative estimate of drug-likeness (QED) is 0.418. The normalized spacial score (nSPS) is 13.2. The molecule has 0 saturated carbocycles. The van der Waals surface area contributed by atoms with E-state index in [2.05, 4.69) is 5.32 Å². The van der Waals surface area contributed by atoms with Gasteiger partial charge in [-0.2, -0.15) is 0 Å².